The lowest BCUT2D eigenvalue weighted by atomic mass is 10.0. The first-order chi connectivity index (χ1) is 25.3. The average molecular weight is 773 g/mol. The van der Waals surface area contributed by atoms with Crippen molar-refractivity contribution in [2.75, 3.05) is 39.3 Å². The van der Waals surface area contributed by atoms with Gasteiger partial charge in [0.1, 0.15) is 41.6 Å². The van der Waals surface area contributed by atoms with Crippen molar-refractivity contribution in [3.05, 3.63) is 17.6 Å². The van der Waals surface area contributed by atoms with E-state index in [4.69, 9.17) is 30.2 Å². The Balaban J connectivity index is 1.61. The van der Waals surface area contributed by atoms with E-state index < -0.39 is 50.6 Å². The zero-order valence-electron chi connectivity index (χ0n) is 32.2. The van der Waals surface area contributed by atoms with Crippen LogP contribution in [0.15, 0.2) is 6.20 Å². The Morgan fingerprint density at radius 2 is 1.49 bits per heavy atom. The minimum absolute atomic E-state index is 0.0298. The number of esters is 1. The topological polar surface area (TPSA) is 244 Å². The Bertz CT molecular complexity index is 1410. The lowest BCUT2D eigenvalue weighted by Gasteiger charge is -2.27. The number of primary amides is 1. The first kappa shape index (κ1) is 46.5. The largest absolute Gasteiger partial charge is 0.464 e. The Morgan fingerprint density at radius 1 is 0.925 bits per heavy atom. The molecule has 2 aromatic rings. The first-order valence-corrected chi connectivity index (χ1v) is 20.7. The van der Waals surface area contributed by atoms with Crippen molar-refractivity contribution in [1.82, 2.24) is 19.6 Å². The van der Waals surface area contributed by atoms with Gasteiger partial charge in [-0.15, -0.1) is 0 Å². The van der Waals surface area contributed by atoms with Crippen molar-refractivity contribution in [2.24, 2.45) is 5.73 Å². The van der Waals surface area contributed by atoms with Gasteiger partial charge in [-0.3, -0.25) is 14.1 Å². The van der Waals surface area contributed by atoms with Gasteiger partial charge in [0, 0.05) is 32.9 Å². The number of aliphatic hydroxyl groups is 2. The number of hydrogen-bond acceptors (Lipinski definition) is 12. The number of nitrogens with zero attached hydrogens (tertiary/aromatic N) is 3. The maximum Gasteiger partial charge on any atom is 0.403 e. The summed E-state index contributed by atoms with van der Waals surface area (Å²) in [6.07, 6.45) is 15.6. The lowest BCUT2D eigenvalue weighted by molar-refractivity contribution is -0.145. The molecule has 0 spiro atoms. The zero-order chi connectivity index (χ0) is 39.2. The number of aryl methyl sites for hydroxylation is 1. The van der Waals surface area contributed by atoms with Crippen LogP contribution in [0.3, 0.4) is 0 Å². The van der Waals surface area contributed by atoms with Gasteiger partial charge in [-0.2, -0.15) is 0 Å². The molecule has 2 aromatic heterocycles. The fourth-order valence-electron chi connectivity index (χ4n) is 5.98. The number of nitrogen functional groups attached to an aromatic ring is 1. The molecule has 1 unspecified atom stereocenters. The molecule has 0 aliphatic carbocycles. The van der Waals surface area contributed by atoms with Crippen LogP contribution in [0.2, 0.25) is 0 Å². The molecule has 0 saturated heterocycles. The van der Waals surface area contributed by atoms with Crippen LogP contribution in [0.5, 0.6) is 0 Å². The molecule has 1 amide bonds. The van der Waals surface area contributed by atoms with Crippen LogP contribution < -0.4 is 16.6 Å². The number of carbonyl (C=O) groups is 2. The van der Waals surface area contributed by atoms with Gasteiger partial charge >= 0.3 is 13.7 Å². The number of amides is 1. The second-order valence-corrected chi connectivity index (χ2v) is 15.2. The van der Waals surface area contributed by atoms with Crippen molar-refractivity contribution < 1.29 is 48.0 Å². The molecule has 2 rings (SSSR count). The SMILES string of the molecule is CCCCCCCCCCCCCCCCOCCCOC(=O)[C@H](C)NP(=O)(O)OC[C@@H](OC)[C@@H](O)[C@@H](O)Cn1cc(C(N)=O)c2c(N)nc(C)nc21. The van der Waals surface area contributed by atoms with Gasteiger partial charge in [0.2, 0.25) is 0 Å². The number of carbonyl (C=O) groups excluding carboxylic acids is 2. The van der Waals surface area contributed by atoms with Crippen LogP contribution in [0.1, 0.15) is 126 Å². The number of anilines is 1. The van der Waals surface area contributed by atoms with E-state index in [9.17, 15) is 29.3 Å². The van der Waals surface area contributed by atoms with Crippen molar-refractivity contribution in [3.8, 4) is 0 Å². The van der Waals surface area contributed by atoms with Gasteiger partial charge in [-0.05, 0) is 20.3 Å². The molecule has 2 heterocycles. The quantitative estimate of drug-likeness (QED) is 0.0346. The van der Waals surface area contributed by atoms with E-state index in [-0.39, 0.29) is 35.6 Å². The highest BCUT2D eigenvalue weighted by Gasteiger charge is 2.33. The molecule has 5 atom stereocenters. The Kier molecular flexibility index (Phi) is 22.3. The molecular formula is C36H65N6O10P. The molecule has 17 heteroatoms. The van der Waals surface area contributed by atoms with E-state index >= 15 is 0 Å². The molecule has 0 aromatic carbocycles. The van der Waals surface area contributed by atoms with E-state index in [0.717, 1.165) is 12.8 Å². The molecule has 0 radical (unpaired) electrons. The summed E-state index contributed by atoms with van der Waals surface area (Å²) >= 11 is 0. The molecule has 0 fully saturated rings. The van der Waals surface area contributed by atoms with Crippen molar-refractivity contribution in [1.29, 1.82) is 0 Å². The third-order valence-electron chi connectivity index (χ3n) is 9.03. The molecule has 0 aliphatic rings. The minimum Gasteiger partial charge on any atom is -0.464 e. The van der Waals surface area contributed by atoms with Crippen LogP contribution in [0.4, 0.5) is 5.82 Å². The maximum absolute atomic E-state index is 12.7. The fraction of sp³-hybridized carbons (Fsp3) is 0.778. The number of aliphatic hydroxyl groups excluding tert-OH is 2. The summed E-state index contributed by atoms with van der Waals surface area (Å²) in [5.74, 6) is -1.19. The van der Waals surface area contributed by atoms with E-state index in [1.54, 1.807) is 6.92 Å². The number of methoxy groups -OCH3 is 1. The van der Waals surface area contributed by atoms with E-state index in [1.165, 1.54) is 102 Å². The molecule has 0 aliphatic heterocycles. The molecular weight excluding hydrogens is 707 g/mol. The van der Waals surface area contributed by atoms with Crippen molar-refractivity contribution >= 4 is 36.5 Å². The van der Waals surface area contributed by atoms with E-state index in [1.807, 2.05) is 0 Å². The number of unbranched alkanes of at least 4 members (excludes halogenated alkanes) is 13. The normalized spacial score (nSPS) is 15.2. The summed E-state index contributed by atoms with van der Waals surface area (Å²) in [6.45, 7) is 5.49. The number of nitrogens with one attached hydrogen (secondary N) is 1. The van der Waals surface area contributed by atoms with Gasteiger partial charge in [0.25, 0.3) is 5.91 Å². The Morgan fingerprint density at radius 3 is 2.06 bits per heavy atom. The Hall–Kier alpha value is -2.69. The summed E-state index contributed by atoms with van der Waals surface area (Å²) in [4.78, 5) is 43.0. The van der Waals surface area contributed by atoms with Crippen LogP contribution in [-0.4, -0.2) is 99.4 Å². The third-order valence-corrected chi connectivity index (χ3v) is 10.2. The highest BCUT2D eigenvalue weighted by atomic mass is 31.2. The van der Waals surface area contributed by atoms with E-state index in [0.29, 0.717) is 25.5 Å². The standard InChI is InChI=1S/C36H65N6O10P/c1-5-6-7-8-9-10-11-12-13-14-15-16-17-18-20-50-21-19-22-51-36(46)26(2)41-53(47,48)52-25-30(49-4)32(44)29(43)24-42-23-28(34(38)45)31-33(37)39-27(3)40-35(31)42/h23,26,29-30,32,43-44H,5-22,24-25H2,1-4H3,(H2,38,45)(H2,37,39,40)(H2,41,47,48)/t26-,29-,30+,32-/m0/s1. The second-order valence-electron chi connectivity index (χ2n) is 13.6. The number of rotatable bonds is 31. The third kappa shape index (κ3) is 17.5. The van der Waals surface area contributed by atoms with Crippen molar-refractivity contribution in [3.63, 3.8) is 0 Å². The van der Waals surface area contributed by atoms with Crippen LogP contribution in [-0.2, 0) is 34.6 Å². The lowest BCUT2D eigenvalue weighted by Crippen LogP contribution is -2.43. The summed E-state index contributed by atoms with van der Waals surface area (Å²) in [6, 6.07) is -1.18. The second kappa shape index (κ2) is 25.4. The molecule has 8 N–H and O–H groups in total. The maximum atomic E-state index is 12.7. The molecule has 0 bridgehead atoms. The molecule has 304 valence electrons. The predicted molar refractivity (Wildman–Crippen MR) is 203 cm³/mol. The van der Waals surface area contributed by atoms with Crippen LogP contribution >= 0.6 is 7.75 Å². The smallest absolute Gasteiger partial charge is 0.403 e. The number of ether oxygens (including phenoxy) is 3. The fourth-order valence-corrected chi connectivity index (χ4v) is 7.00. The summed E-state index contributed by atoms with van der Waals surface area (Å²) in [7, 11) is -3.35. The number of hydrogen-bond donors (Lipinski definition) is 6. The van der Waals surface area contributed by atoms with Crippen LogP contribution in [0.25, 0.3) is 11.0 Å². The van der Waals surface area contributed by atoms with Gasteiger partial charge in [0.05, 0.1) is 30.7 Å². The molecule has 16 nitrogen and oxygen atoms in total. The number of fused-ring (bicyclic) bond motifs is 1. The molecule has 53 heavy (non-hydrogen) atoms. The monoisotopic (exact) mass is 772 g/mol. The van der Waals surface area contributed by atoms with Gasteiger partial charge in [-0.25, -0.2) is 19.6 Å². The average Bonchev–Trinajstić information content (AvgIpc) is 3.47. The number of aromatic nitrogens is 3. The predicted octanol–water partition coefficient (Wildman–Crippen LogP) is 4.68. The molecule has 0 saturated carbocycles. The van der Waals surface area contributed by atoms with Gasteiger partial charge < -0.3 is 45.4 Å². The Labute approximate surface area is 314 Å². The summed E-state index contributed by atoms with van der Waals surface area (Å²) in [5.41, 5.74) is 11.7. The number of nitrogens with two attached hydrogens (primary N) is 2. The minimum atomic E-state index is -4.57. The summed E-state index contributed by atoms with van der Waals surface area (Å²) < 4.78 is 35.2. The summed E-state index contributed by atoms with van der Waals surface area (Å²) in [5, 5.41) is 24.0. The van der Waals surface area contributed by atoms with Crippen LogP contribution in [0, 0.1) is 6.92 Å². The first-order valence-electron chi connectivity index (χ1n) is 19.1. The van der Waals surface area contributed by atoms with Crippen molar-refractivity contribution in [2.45, 2.75) is 148 Å². The van der Waals surface area contributed by atoms with E-state index in [2.05, 4.69) is 22.0 Å². The van der Waals surface area contributed by atoms with Gasteiger partial charge in [-0.1, -0.05) is 90.4 Å². The van der Waals surface area contributed by atoms with Gasteiger partial charge in [0.15, 0.2) is 0 Å². The highest BCUT2D eigenvalue weighted by molar-refractivity contribution is 7.50. The zero-order valence-corrected chi connectivity index (χ0v) is 33.1. The highest BCUT2D eigenvalue weighted by Crippen LogP contribution is 2.38.